The zero-order valence-electron chi connectivity index (χ0n) is 9.82. The fourth-order valence-electron chi connectivity index (χ4n) is 2.17. The summed E-state index contributed by atoms with van der Waals surface area (Å²) in [5.74, 6) is -0.222. The molecule has 0 aromatic heterocycles. The Morgan fingerprint density at radius 3 is 2.76 bits per heavy atom. The molecule has 92 valence electrons. The van der Waals surface area contributed by atoms with Crippen LogP contribution in [-0.4, -0.2) is 24.7 Å². The molecule has 1 aromatic carbocycles. The lowest BCUT2D eigenvalue weighted by Crippen LogP contribution is -2.30. The Hall–Kier alpha value is -1.22. The van der Waals surface area contributed by atoms with Crippen molar-refractivity contribution < 1.29 is 9.90 Å². The summed E-state index contributed by atoms with van der Waals surface area (Å²) >= 11 is 5.83. The highest BCUT2D eigenvalue weighted by Gasteiger charge is 2.21. The lowest BCUT2D eigenvalue weighted by atomic mass is 9.85. The van der Waals surface area contributed by atoms with Crippen LogP contribution in [0.4, 0.5) is 5.69 Å². The Bertz CT molecular complexity index is 429. The van der Waals surface area contributed by atoms with Crippen LogP contribution in [0.1, 0.15) is 29.6 Å². The van der Waals surface area contributed by atoms with Crippen LogP contribution < -0.4 is 4.90 Å². The van der Waals surface area contributed by atoms with Crippen molar-refractivity contribution in [2.45, 2.75) is 19.3 Å². The van der Waals surface area contributed by atoms with Gasteiger partial charge in [-0.3, -0.25) is 0 Å². The van der Waals surface area contributed by atoms with Crippen molar-refractivity contribution >= 4 is 23.3 Å². The topological polar surface area (TPSA) is 40.5 Å². The molecule has 1 aliphatic rings. The summed E-state index contributed by atoms with van der Waals surface area (Å²) in [7, 11) is 1.94. The maximum atomic E-state index is 11.2. The number of benzene rings is 1. The molecular weight excluding hydrogens is 238 g/mol. The fourth-order valence-corrected chi connectivity index (χ4v) is 2.35. The molecule has 1 fully saturated rings. The van der Waals surface area contributed by atoms with Crippen LogP contribution >= 0.6 is 11.6 Å². The van der Waals surface area contributed by atoms with Crippen molar-refractivity contribution in [3.63, 3.8) is 0 Å². The predicted octanol–water partition coefficient (Wildman–Crippen LogP) is 3.27. The third kappa shape index (κ3) is 2.72. The molecule has 1 aromatic rings. The second-order valence-corrected chi connectivity index (χ2v) is 5.08. The molecule has 0 bridgehead atoms. The Kier molecular flexibility index (Phi) is 3.57. The molecule has 0 atom stereocenters. The molecule has 17 heavy (non-hydrogen) atoms. The number of nitrogens with zero attached hydrogens (tertiary/aromatic N) is 1. The minimum atomic E-state index is -0.928. The van der Waals surface area contributed by atoms with E-state index < -0.39 is 5.97 Å². The first kappa shape index (κ1) is 12.2. The summed E-state index contributed by atoms with van der Waals surface area (Å²) in [6, 6.07) is 5.03. The summed E-state index contributed by atoms with van der Waals surface area (Å²) in [6.07, 6.45) is 3.80. The molecule has 0 amide bonds. The fraction of sp³-hybridized carbons (Fsp3) is 0.462. The minimum absolute atomic E-state index is 0.277. The van der Waals surface area contributed by atoms with Crippen LogP contribution in [0, 0.1) is 5.92 Å². The van der Waals surface area contributed by atoms with Gasteiger partial charge in [0.05, 0.1) is 11.3 Å². The monoisotopic (exact) mass is 253 g/mol. The highest BCUT2D eigenvalue weighted by molar-refractivity contribution is 6.31. The van der Waals surface area contributed by atoms with Crippen LogP contribution in [0.3, 0.4) is 0 Å². The van der Waals surface area contributed by atoms with Crippen molar-refractivity contribution in [3.8, 4) is 0 Å². The average Bonchev–Trinajstić information content (AvgIpc) is 2.23. The number of carboxylic acid groups (broad SMARTS) is 1. The van der Waals surface area contributed by atoms with Crippen LogP contribution in [0.5, 0.6) is 0 Å². The molecule has 3 nitrogen and oxygen atoms in total. The number of hydrogen-bond donors (Lipinski definition) is 1. The standard InChI is InChI=1S/C13H16ClNO2/c1-15(8-9-3-2-4-9)12-6-5-10(14)7-11(12)13(16)17/h5-7,9H,2-4,8H2,1H3,(H,16,17). The zero-order valence-corrected chi connectivity index (χ0v) is 10.6. The van der Waals surface area contributed by atoms with E-state index >= 15 is 0 Å². The van der Waals surface area contributed by atoms with Gasteiger partial charge in [-0.05, 0) is 37.0 Å². The summed E-state index contributed by atoms with van der Waals surface area (Å²) < 4.78 is 0. The van der Waals surface area contributed by atoms with E-state index in [0.717, 1.165) is 12.2 Å². The average molecular weight is 254 g/mol. The SMILES string of the molecule is CN(CC1CCC1)c1ccc(Cl)cc1C(=O)O. The van der Waals surface area contributed by atoms with E-state index in [4.69, 9.17) is 16.7 Å². The van der Waals surface area contributed by atoms with E-state index in [2.05, 4.69) is 0 Å². The van der Waals surface area contributed by atoms with Gasteiger partial charge in [-0.25, -0.2) is 4.79 Å². The molecule has 0 saturated heterocycles. The lowest BCUT2D eigenvalue weighted by molar-refractivity contribution is 0.0697. The number of carbonyl (C=O) groups is 1. The summed E-state index contributed by atoms with van der Waals surface area (Å²) in [5.41, 5.74) is 1.02. The third-order valence-electron chi connectivity index (χ3n) is 3.36. The van der Waals surface area contributed by atoms with E-state index in [1.807, 2.05) is 11.9 Å². The van der Waals surface area contributed by atoms with Crippen LogP contribution in [-0.2, 0) is 0 Å². The van der Waals surface area contributed by atoms with Crippen molar-refractivity contribution in [2.75, 3.05) is 18.5 Å². The maximum Gasteiger partial charge on any atom is 0.337 e. The molecule has 0 aliphatic heterocycles. The van der Waals surface area contributed by atoms with Crippen molar-refractivity contribution in [1.82, 2.24) is 0 Å². The van der Waals surface area contributed by atoms with Crippen molar-refractivity contribution in [3.05, 3.63) is 28.8 Å². The highest BCUT2D eigenvalue weighted by atomic mass is 35.5. The smallest absolute Gasteiger partial charge is 0.337 e. The van der Waals surface area contributed by atoms with Crippen LogP contribution in [0.2, 0.25) is 5.02 Å². The normalized spacial score (nSPS) is 15.4. The molecular formula is C13H16ClNO2. The van der Waals surface area contributed by atoms with Gasteiger partial charge in [0.25, 0.3) is 0 Å². The largest absolute Gasteiger partial charge is 0.478 e. The van der Waals surface area contributed by atoms with E-state index in [1.165, 1.54) is 25.3 Å². The maximum absolute atomic E-state index is 11.2. The lowest BCUT2D eigenvalue weighted by Gasteiger charge is -2.31. The molecule has 0 heterocycles. The quantitative estimate of drug-likeness (QED) is 0.895. The molecule has 4 heteroatoms. The van der Waals surface area contributed by atoms with Gasteiger partial charge in [-0.1, -0.05) is 18.0 Å². The van der Waals surface area contributed by atoms with E-state index in [9.17, 15) is 4.79 Å². The molecule has 1 aliphatic carbocycles. The molecule has 1 saturated carbocycles. The predicted molar refractivity (Wildman–Crippen MR) is 69.0 cm³/mol. The van der Waals surface area contributed by atoms with Crippen molar-refractivity contribution in [1.29, 1.82) is 0 Å². The van der Waals surface area contributed by atoms with E-state index in [1.54, 1.807) is 12.1 Å². The first-order valence-electron chi connectivity index (χ1n) is 5.82. The second-order valence-electron chi connectivity index (χ2n) is 4.64. The zero-order chi connectivity index (χ0) is 12.4. The van der Waals surface area contributed by atoms with Crippen LogP contribution in [0.15, 0.2) is 18.2 Å². The molecule has 0 radical (unpaired) electrons. The number of aromatic carboxylic acids is 1. The Labute approximate surface area is 106 Å². The Balaban J connectivity index is 2.20. The van der Waals surface area contributed by atoms with Gasteiger partial charge in [-0.15, -0.1) is 0 Å². The molecule has 2 rings (SSSR count). The molecule has 0 spiro atoms. The highest BCUT2D eigenvalue weighted by Crippen LogP contribution is 2.30. The summed E-state index contributed by atoms with van der Waals surface area (Å²) in [5, 5.41) is 9.62. The molecule has 1 N–H and O–H groups in total. The van der Waals surface area contributed by atoms with Gasteiger partial charge in [0, 0.05) is 18.6 Å². The van der Waals surface area contributed by atoms with Gasteiger partial charge in [0.1, 0.15) is 0 Å². The Morgan fingerprint density at radius 2 is 2.24 bits per heavy atom. The summed E-state index contributed by atoms with van der Waals surface area (Å²) in [4.78, 5) is 13.2. The van der Waals surface area contributed by atoms with Crippen molar-refractivity contribution in [2.24, 2.45) is 5.92 Å². The van der Waals surface area contributed by atoms with Gasteiger partial charge in [-0.2, -0.15) is 0 Å². The first-order chi connectivity index (χ1) is 8.08. The number of hydrogen-bond acceptors (Lipinski definition) is 2. The number of rotatable bonds is 4. The van der Waals surface area contributed by atoms with Gasteiger partial charge < -0.3 is 10.0 Å². The Morgan fingerprint density at radius 1 is 1.53 bits per heavy atom. The van der Waals surface area contributed by atoms with E-state index in [0.29, 0.717) is 10.9 Å². The first-order valence-corrected chi connectivity index (χ1v) is 6.19. The van der Waals surface area contributed by atoms with Crippen LogP contribution in [0.25, 0.3) is 0 Å². The van der Waals surface area contributed by atoms with Gasteiger partial charge >= 0.3 is 5.97 Å². The minimum Gasteiger partial charge on any atom is -0.478 e. The van der Waals surface area contributed by atoms with Gasteiger partial charge in [0.15, 0.2) is 0 Å². The summed E-state index contributed by atoms with van der Waals surface area (Å²) in [6.45, 7) is 0.919. The number of anilines is 1. The second kappa shape index (κ2) is 4.96. The van der Waals surface area contributed by atoms with Gasteiger partial charge in [0.2, 0.25) is 0 Å². The third-order valence-corrected chi connectivity index (χ3v) is 3.59. The van der Waals surface area contributed by atoms with E-state index in [-0.39, 0.29) is 5.56 Å². The number of carboxylic acids is 1. The molecule has 0 unspecified atom stereocenters. The number of halogens is 1.